The van der Waals surface area contributed by atoms with Gasteiger partial charge in [-0.1, -0.05) is 0 Å². The average Bonchev–Trinajstić information content (AvgIpc) is 2.55. The first-order valence-electron chi connectivity index (χ1n) is 7.25. The Morgan fingerprint density at radius 3 is 1.00 bits per heavy atom. The predicted molar refractivity (Wildman–Crippen MR) is 81.8 cm³/mol. The summed E-state index contributed by atoms with van der Waals surface area (Å²) >= 11 is 0. The number of carboxylic acids is 4. The van der Waals surface area contributed by atoms with Crippen molar-refractivity contribution in [3.8, 4) is 0 Å². The van der Waals surface area contributed by atoms with Crippen molar-refractivity contribution in [2.75, 3.05) is 0 Å². The number of fused-ring (bicyclic) bond motifs is 1. The molecule has 4 N–H and O–H groups in total. The number of carboxylic acid groups (broad SMARTS) is 4. The van der Waals surface area contributed by atoms with Crippen LogP contribution in [-0.2, 0) is 12.4 Å². The number of carbonyl (C=O) groups is 4. The highest BCUT2D eigenvalue weighted by atomic mass is 19.4. The van der Waals surface area contributed by atoms with Gasteiger partial charge >= 0.3 is 36.2 Å². The second-order valence-corrected chi connectivity index (χ2v) is 5.66. The summed E-state index contributed by atoms with van der Waals surface area (Å²) in [5, 5.41) is 33.0. The molecule has 8 nitrogen and oxygen atoms in total. The van der Waals surface area contributed by atoms with E-state index in [0.717, 1.165) is 0 Å². The molecule has 30 heavy (non-hydrogen) atoms. The zero-order chi connectivity index (χ0) is 23.3. The Balaban J connectivity index is 3.45. The molecule has 2 aromatic carbocycles. The molecule has 0 fully saturated rings. The van der Waals surface area contributed by atoms with Crippen LogP contribution in [0.1, 0.15) is 52.6 Å². The maximum Gasteiger partial charge on any atom is 0.417 e. The zero-order valence-electron chi connectivity index (χ0n) is 13.8. The van der Waals surface area contributed by atoms with Crippen molar-refractivity contribution in [3.05, 3.63) is 45.5 Å². The number of hydrogen-bond donors (Lipinski definition) is 4. The van der Waals surface area contributed by atoms with Crippen LogP contribution in [0.2, 0.25) is 0 Å². The highest BCUT2D eigenvalue weighted by Crippen LogP contribution is 2.45. The molecular formula is C16H6F6O8. The summed E-state index contributed by atoms with van der Waals surface area (Å²) in [6.07, 6.45) is -11.5. The van der Waals surface area contributed by atoms with Gasteiger partial charge < -0.3 is 20.4 Å². The van der Waals surface area contributed by atoms with Crippen molar-refractivity contribution in [1.29, 1.82) is 0 Å². The smallest absolute Gasteiger partial charge is 0.417 e. The summed E-state index contributed by atoms with van der Waals surface area (Å²) in [6.45, 7) is 0. The fourth-order valence-corrected chi connectivity index (χ4v) is 2.91. The second kappa shape index (κ2) is 6.89. The van der Waals surface area contributed by atoms with E-state index in [0.29, 0.717) is 0 Å². The average molecular weight is 440 g/mol. The molecule has 14 heteroatoms. The highest BCUT2D eigenvalue weighted by Gasteiger charge is 2.45. The molecule has 0 saturated heterocycles. The molecular weight excluding hydrogens is 434 g/mol. The molecule has 0 radical (unpaired) electrons. The van der Waals surface area contributed by atoms with Gasteiger partial charge in [0.1, 0.15) is 0 Å². The summed E-state index contributed by atoms with van der Waals surface area (Å²) in [5.74, 6) is -9.61. The van der Waals surface area contributed by atoms with E-state index in [9.17, 15) is 45.5 Å². The Bertz CT molecular complexity index is 1040. The third-order valence-corrected chi connectivity index (χ3v) is 3.90. The lowest BCUT2D eigenvalue weighted by Gasteiger charge is -2.21. The number of hydrogen-bond acceptors (Lipinski definition) is 4. The van der Waals surface area contributed by atoms with Gasteiger partial charge in [0.15, 0.2) is 0 Å². The summed E-state index contributed by atoms with van der Waals surface area (Å²) < 4.78 is 81.6. The molecule has 2 rings (SSSR count). The number of benzene rings is 2. The third-order valence-electron chi connectivity index (χ3n) is 3.90. The molecule has 0 aliphatic carbocycles. The summed E-state index contributed by atoms with van der Waals surface area (Å²) in [5.41, 5.74) is -12.0. The van der Waals surface area contributed by atoms with Crippen LogP contribution < -0.4 is 0 Å². The highest BCUT2D eigenvalue weighted by molar-refractivity contribution is 6.14. The quantitative estimate of drug-likeness (QED) is 0.526. The van der Waals surface area contributed by atoms with Crippen LogP contribution in [0.25, 0.3) is 10.8 Å². The topological polar surface area (TPSA) is 149 Å². The van der Waals surface area contributed by atoms with Crippen LogP contribution in [0.5, 0.6) is 0 Å². The maximum atomic E-state index is 13.6. The molecule has 0 bridgehead atoms. The van der Waals surface area contributed by atoms with Crippen LogP contribution in [0.4, 0.5) is 26.3 Å². The first-order valence-corrected chi connectivity index (χ1v) is 7.25. The lowest BCUT2D eigenvalue weighted by molar-refractivity contribution is -0.138. The van der Waals surface area contributed by atoms with E-state index in [1.807, 2.05) is 0 Å². The lowest BCUT2D eigenvalue weighted by Crippen LogP contribution is -2.22. The Hall–Kier alpha value is -3.84. The van der Waals surface area contributed by atoms with E-state index in [1.165, 1.54) is 0 Å². The number of alkyl halides is 6. The molecule has 0 amide bonds. The van der Waals surface area contributed by atoms with Gasteiger partial charge in [0.25, 0.3) is 0 Å². The number of halogens is 6. The zero-order valence-corrected chi connectivity index (χ0v) is 13.8. The molecule has 0 heterocycles. The number of rotatable bonds is 4. The normalized spacial score (nSPS) is 12.1. The summed E-state index contributed by atoms with van der Waals surface area (Å²) in [7, 11) is 0. The number of aromatic carboxylic acids is 4. The molecule has 0 aliphatic rings. The van der Waals surface area contributed by atoms with Crippen molar-refractivity contribution in [1.82, 2.24) is 0 Å². The van der Waals surface area contributed by atoms with E-state index in [-0.39, 0.29) is 12.1 Å². The fraction of sp³-hybridized carbons (Fsp3) is 0.125. The molecule has 0 spiro atoms. The van der Waals surface area contributed by atoms with Gasteiger partial charge in [0.05, 0.1) is 33.4 Å². The Morgan fingerprint density at radius 1 is 0.567 bits per heavy atom. The minimum absolute atomic E-state index is 0.0861. The maximum absolute atomic E-state index is 13.6. The summed E-state index contributed by atoms with van der Waals surface area (Å²) in [6, 6.07) is -0.172. The second-order valence-electron chi connectivity index (χ2n) is 5.66. The van der Waals surface area contributed by atoms with E-state index in [2.05, 4.69) is 0 Å². The van der Waals surface area contributed by atoms with Crippen molar-refractivity contribution >= 4 is 34.6 Å². The summed E-state index contributed by atoms with van der Waals surface area (Å²) in [4.78, 5) is 45.2. The minimum Gasteiger partial charge on any atom is -0.478 e. The lowest BCUT2D eigenvalue weighted by atomic mass is 9.86. The SMILES string of the molecule is O=C(O)c1cc2c(C(F)(F)F)c(C(=O)O)c(C(=O)O)cc2c(C(F)(F)F)c1C(=O)O. The van der Waals surface area contributed by atoms with Crippen LogP contribution in [-0.4, -0.2) is 44.3 Å². The van der Waals surface area contributed by atoms with Crippen LogP contribution >= 0.6 is 0 Å². The van der Waals surface area contributed by atoms with E-state index < -0.39 is 80.4 Å². The first-order chi connectivity index (χ1) is 13.5. The van der Waals surface area contributed by atoms with Gasteiger partial charge in [-0.05, 0) is 22.9 Å². The Kier molecular flexibility index (Phi) is 5.16. The standard InChI is InChI=1S/C16H6F6O8/c17-15(18,19)9-3-1-5(11(23)24)7(13(27)28)10(16(20,21)22)4(3)2-6(12(25)26)8(9)14(29)30/h1-2H,(H,23,24)(H,25,26)(H,27,28)(H,29,30). The van der Waals surface area contributed by atoms with E-state index in [1.54, 1.807) is 0 Å². The Morgan fingerprint density at radius 2 is 0.833 bits per heavy atom. The van der Waals surface area contributed by atoms with Gasteiger partial charge in [-0.2, -0.15) is 26.3 Å². The van der Waals surface area contributed by atoms with E-state index in [4.69, 9.17) is 20.4 Å². The van der Waals surface area contributed by atoms with Gasteiger partial charge in [-0.25, -0.2) is 19.2 Å². The van der Waals surface area contributed by atoms with Gasteiger partial charge in [-0.15, -0.1) is 0 Å². The largest absolute Gasteiger partial charge is 0.478 e. The molecule has 160 valence electrons. The van der Waals surface area contributed by atoms with Crippen LogP contribution in [0, 0.1) is 0 Å². The molecule has 0 unspecified atom stereocenters. The molecule has 0 saturated carbocycles. The van der Waals surface area contributed by atoms with Crippen molar-refractivity contribution in [2.24, 2.45) is 0 Å². The van der Waals surface area contributed by atoms with Gasteiger partial charge in [-0.3, -0.25) is 0 Å². The minimum atomic E-state index is -5.75. The molecule has 0 atom stereocenters. The monoisotopic (exact) mass is 440 g/mol. The van der Waals surface area contributed by atoms with Crippen LogP contribution in [0.15, 0.2) is 12.1 Å². The van der Waals surface area contributed by atoms with Crippen LogP contribution in [0.3, 0.4) is 0 Å². The van der Waals surface area contributed by atoms with Crippen molar-refractivity contribution < 1.29 is 65.9 Å². The molecule has 2 aromatic rings. The molecule has 0 aromatic heterocycles. The van der Waals surface area contributed by atoms with E-state index >= 15 is 0 Å². The van der Waals surface area contributed by atoms with Crippen molar-refractivity contribution in [2.45, 2.75) is 12.4 Å². The third kappa shape index (κ3) is 3.58. The van der Waals surface area contributed by atoms with Gasteiger partial charge in [0, 0.05) is 0 Å². The predicted octanol–water partition coefficient (Wildman–Crippen LogP) is 3.67. The van der Waals surface area contributed by atoms with Gasteiger partial charge in [0.2, 0.25) is 0 Å². The first kappa shape index (κ1) is 22.4. The molecule has 0 aliphatic heterocycles. The van der Waals surface area contributed by atoms with Crippen molar-refractivity contribution in [3.63, 3.8) is 0 Å². The fourth-order valence-electron chi connectivity index (χ4n) is 2.91. The Labute approximate surface area is 159 Å².